The highest BCUT2D eigenvalue weighted by molar-refractivity contribution is 5.70. The fraction of sp³-hybridized carbons (Fsp3) is 0.909. The summed E-state index contributed by atoms with van der Waals surface area (Å²) in [6.07, 6.45) is 32.6. The van der Waals surface area contributed by atoms with E-state index in [1.807, 2.05) is 0 Å². The summed E-state index contributed by atoms with van der Waals surface area (Å²) >= 11 is 0. The molecule has 1 atom stereocenters. The number of carbonyl (C=O) groups is 5. The molecule has 0 aromatic carbocycles. The lowest BCUT2D eigenvalue weighted by Crippen LogP contribution is -2.29. The zero-order valence-electron chi connectivity index (χ0n) is 44.5. The number of esters is 3. The molecule has 1 amide bonds. The molecule has 0 saturated heterocycles. The van der Waals surface area contributed by atoms with E-state index in [9.17, 15) is 24.0 Å². The zero-order valence-corrected chi connectivity index (χ0v) is 44.5. The van der Waals surface area contributed by atoms with Gasteiger partial charge in [0.05, 0.1) is 19.1 Å². The van der Waals surface area contributed by atoms with Crippen molar-refractivity contribution in [1.29, 1.82) is 0 Å². The quantitative estimate of drug-likeness (QED) is 0.0350. The van der Waals surface area contributed by atoms with Gasteiger partial charge in [-0.1, -0.05) is 169 Å². The molecule has 0 aromatic rings. The van der Waals surface area contributed by atoms with Crippen molar-refractivity contribution in [3.05, 3.63) is 0 Å². The third kappa shape index (κ3) is 45.4. The summed E-state index contributed by atoms with van der Waals surface area (Å²) in [7, 11) is 0. The van der Waals surface area contributed by atoms with Crippen LogP contribution in [0.3, 0.4) is 0 Å². The van der Waals surface area contributed by atoms with E-state index in [0.717, 1.165) is 83.8 Å². The normalized spacial score (nSPS) is 11.7. The SMILES string of the molecule is CCCCCCCCCCOC(=O)CCCCCC(=O)OCC(COC(=O)CCCCCCCNC(=O)OC(CCCCCCCC)CCCCCCCC)COC(=O)OCCCN(CC)CC. The first-order chi connectivity index (χ1) is 33.2. The third-order valence-corrected chi connectivity index (χ3v) is 12.5. The monoisotopic (exact) mass is 969 g/mol. The Bertz CT molecular complexity index is 1170. The van der Waals surface area contributed by atoms with Crippen molar-refractivity contribution < 1.29 is 52.4 Å². The van der Waals surface area contributed by atoms with E-state index in [2.05, 4.69) is 44.8 Å². The Balaban J connectivity index is 4.57. The van der Waals surface area contributed by atoms with Gasteiger partial charge in [-0.05, 0) is 77.3 Å². The van der Waals surface area contributed by atoms with Gasteiger partial charge in [0, 0.05) is 32.4 Å². The molecule has 1 unspecified atom stereocenters. The smallest absolute Gasteiger partial charge is 0.466 e. The van der Waals surface area contributed by atoms with Gasteiger partial charge in [0.1, 0.15) is 25.9 Å². The molecule has 0 aliphatic heterocycles. The summed E-state index contributed by atoms with van der Waals surface area (Å²) in [4.78, 5) is 64.6. The molecule has 0 heterocycles. The van der Waals surface area contributed by atoms with Crippen molar-refractivity contribution in [2.24, 2.45) is 5.92 Å². The summed E-state index contributed by atoms with van der Waals surface area (Å²) in [5.74, 6) is -1.51. The van der Waals surface area contributed by atoms with Gasteiger partial charge in [0.2, 0.25) is 0 Å². The molecule has 0 bridgehead atoms. The van der Waals surface area contributed by atoms with Crippen LogP contribution in [0.25, 0.3) is 0 Å². The number of rotatable bonds is 50. The summed E-state index contributed by atoms with van der Waals surface area (Å²) in [5, 5.41) is 2.95. The van der Waals surface area contributed by atoms with E-state index < -0.39 is 18.0 Å². The second kappa shape index (κ2) is 50.3. The molecule has 0 aromatic heterocycles. The molecule has 13 nitrogen and oxygen atoms in total. The van der Waals surface area contributed by atoms with Gasteiger partial charge >= 0.3 is 30.2 Å². The number of nitrogens with zero attached hydrogens (tertiary/aromatic N) is 1. The van der Waals surface area contributed by atoms with Crippen LogP contribution in [-0.4, -0.2) is 100 Å². The van der Waals surface area contributed by atoms with Crippen LogP contribution in [-0.2, 0) is 42.8 Å². The number of alkyl carbamates (subject to hydrolysis) is 1. The maximum absolute atomic E-state index is 12.7. The number of ether oxygens (including phenoxy) is 6. The van der Waals surface area contributed by atoms with Crippen LogP contribution < -0.4 is 5.32 Å². The minimum atomic E-state index is -0.813. The molecule has 0 fully saturated rings. The summed E-state index contributed by atoms with van der Waals surface area (Å²) < 4.78 is 32.9. The first-order valence-corrected chi connectivity index (χ1v) is 28.1. The van der Waals surface area contributed by atoms with Gasteiger partial charge in [-0.3, -0.25) is 14.4 Å². The number of hydrogen-bond acceptors (Lipinski definition) is 12. The van der Waals surface area contributed by atoms with Gasteiger partial charge < -0.3 is 38.6 Å². The summed E-state index contributed by atoms with van der Waals surface area (Å²) in [6.45, 7) is 14.5. The molecule has 1 N–H and O–H groups in total. The van der Waals surface area contributed by atoms with Gasteiger partial charge in [-0.25, -0.2) is 9.59 Å². The molecule has 0 radical (unpaired) electrons. The Labute approximate surface area is 415 Å². The van der Waals surface area contributed by atoms with Gasteiger partial charge in [-0.2, -0.15) is 0 Å². The van der Waals surface area contributed by atoms with Crippen molar-refractivity contribution in [2.45, 2.75) is 259 Å². The zero-order chi connectivity index (χ0) is 50.0. The molecular weight excluding hydrogens is 865 g/mol. The molecule has 68 heavy (non-hydrogen) atoms. The second-order valence-electron chi connectivity index (χ2n) is 18.9. The van der Waals surface area contributed by atoms with Gasteiger partial charge in [-0.15, -0.1) is 0 Å². The van der Waals surface area contributed by atoms with Crippen LogP contribution in [0.4, 0.5) is 9.59 Å². The topological polar surface area (TPSA) is 156 Å². The van der Waals surface area contributed by atoms with E-state index in [1.165, 1.54) is 103 Å². The predicted molar refractivity (Wildman–Crippen MR) is 274 cm³/mol. The van der Waals surface area contributed by atoms with Crippen molar-refractivity contribution in [3.8, 4) is 0 Å². The molecule has 13 heteroatoms. The van der Waals surface area contributed by atoms with E-state index in [4.69, 9.17) is 28.4 Å². The first kappa shape index (κ1) is 64.9. The third-order valence-electron chi connectivity index (χ3n) is 12.5. The predicted octanol–water partition coefficient (Wildman–Crippen LogP) is 14.1. The highest BCUT2D eigenvalue weighted by Crippen LogP contribution is 2.18. The minimum absolute atomic E-state index is 0.0148. The van der Waals surface area contributed by atoms with Crippen molar-refractivity contribution in [1.82, 2.24) is 10.2 Å². The van der Waals surface area contributed by atoms with Crippen LogP contribution in [0.5, 0.6) is 0 Å². The number of nitrogens with one attached hydrogen (secondary N) is 1. The molecular formula is C55H104N2O11. The Kier molecular flexibility index (Phi) is 48.0. The van der Waals surface area contributed by atoms with Crippen LogP contribution in [0.2, 0.25) is 0 Å². The van der Waals surface area contributed by atoms with Crippen molar-refractivity contribution in [2.75, 3.05) is 59.2 Å². The Morgan fingerprint density at radius 1 is 0.412 bits per heavy atom. The van der Waals surface area contributed by atoms with Crippen molar-refractivity contribution >= 4 is 30.2 Å². The standard InChI is InChI=1S/C55H104N2O11/c1-6-11-14-17-20-21-27-35-44-63-51(58)39-32-28-33-41-53(60)66-47-49(48-67-55(62)64-45-36-43-57(9-4)10-5)46-65-52(59)40-31-25-22-26-34-42-56-54(61)68-50(37-29-23-18-15-12-7-2)38-30-24-19-16-13-8-3/h49-50H,6-48H2,1-5H3,(H,56,61). The van der Waals surface area contributed by atoms with Crippen LogP contribution in [0.1, 0.15) is 253 Å². The number of amides is 1. The van der Waals surface area contributed by atoms with Crippen molar-refractivity contribution in [3.63, 3.8) is 0 Å². The van der Waals surface area contributed by atoms with E-state index in [1.54, 1.807) is 0 Å². The largest absolute Gasteiger partial charge is 0.508 e. The minimum Gasteiger partial charge on any atom is -0.466 e. The van der Waals surface area contributed by atoms with Gasteiger partial charge in [0.25, 0.3) is 0 Å². The maximum Gasteiger partial charge on any atom is 0.508 e. The van der Waals surface area contributed by atoms with E-state index in [0.29, 0.717) is 51.7 Å². The fourth-order valence-corrected chi connectivity index (χ4v) is 8.01. The molecule has 0 saturated carbocycles. The Morgan fingerprint density at radius 2 is 0.809 bits per heavy atom. The lowest BCUT2D eigenvalue weighted by Gasteiger charge is -2.18. The second-order valence-corrected chi connectivity index (χ2v) is 18.9. The van der Waals surface area contributed by atoms with Crippen LogP contribution in [0.15, 0.2) is 0 Å². The number of carbonyl (C=O) groups excluding carboxylic acids is 5. The lowest BCUT2D eigenvalue weighted by atomic mass is 10.0. The van der Waals surface area contributed by atoms with E-state index in [-0.39, 0.29) is 63.4 Å². The first-order valence-electron chi connectivity index (χ1n) is 28.1. The Hall–Kier alpha value is -3.09. The summed E-state index contributed by atoms with van der Waals surface area (Å²) in [6, 6.07) is 0. The van der Waals surface area contributed by atoms with E-state index >= 15 is 0 Å². The average molecular weight is 969 g/mol. The highest BCUT2D eigenvalue weighted by Gasteiger charge is 2.19. The molecule has 0 aliphatic carbocycles. The summed E-state index contributed by atoms with van der Waals surface area (Å²) in [5.41, 5.74) is 0. The maximum atomic E-state index is 12.7. The molecule has 0 aliphatic rings. The average Bonchev–Trinajstić information content (AvgIpc) is 3.33. The molecule has 0 spiro atoms. The molecule has 0 rings (SSSR count). The highest BCUT2D eigenvalue weighted by atomic mass is 16.7. The lowest BCUT2D eigenvalue weighted by molar-refractivity contribution is -0.150. The Morgan fingerprint density at radius 3 is 1.31 bits per heavy atom. The molecule has 400 valence electrons. The number of unbranched alkanes of at least 4 members (excludes halogenated alkanes) is 23. The van der Waals surface area contributed by atoms with Crippen LogP contribution in [0, 0.1) is 5.92 Å². The fourth-order valence-electron chi connectivity index (χ4n) is 8.01. The number of hydrogen-bond donors (Lipinski definition) is 1. The van der Waals surface area contributed by atoms with Crippen LogP contribution >= 0.6 is 0 Å². The van der Waals surface area contributed by atoms with Gasteiger partial charge in [0.15, 0.2) is 0 Å².